The zero-order valence-electron chi connectivity index (χ0n) is 9.25. The summed E-state index contributed by atoms with van der Waals surface area (Å²) < 4.78 is 0. The molecule has 1 aliphatic carbocycles. The first-order valence-corrected chi connectivity index (χ1v) is 5.41. The molecule has 1 aromatic rings. The van der Waals surface area contributed by atoms with E-state index in [0.717, 1.165) is 5.82 Å². The molecule has 0 aliphatic heterocycles. The summed E-state index contributed by atoms with van der Waals surface area (Å²) >= 11 is 0. The van der Waals surface area contributed by atoms with E-state index in [-0.39, 0.29) is 5.41 Å². The molecule has 2 rings (SSSR count). The Morgan fingerprint density at radius 3 is 2.50 bits per heavy atom. The zero-order chi connectivity index (χ0) is 10.2. The van der Waals surface area contributed by atoms with Crippen molar-refractivity contribution in [1.82, 2.24) is 9.97 Å². The summed E-state index contributed by atoms with van der Waals surface area (Å²) in [7, 11) is 0. The largest absolute Gasteiger partial charge is 0.241 e. The van der Waals surface area contributed by atoms with Gasteiger partial charge in [0.25, 0.3) is 0 Å². The van der Waals surface area contributed by atoms with Gasteiger partial charge in [-0.15, -0.1) is 0 Å². The van der Waals surface area contributed by atoms with Gasteiger partial charge < -0.3 is 0 Å². The topological polar surface area (TPSA) is 25.8 Å². The fourth-order valence-electron chi connectivity index (χ4n) is 1.67. The van der Waals surface area contributed by atoms with Gasteiger partial charge in [-0.2, -0.15) is 0 Å². The van der Waals surface area contributed by atoms with Crippen LogP contribution in [0, 0.1) is 0 Å². The van der Waals surface area contributed by atoms with Gasteiger partial charge in [0.1, 0.15) is 5.82 Å². The molecule has 0 atom stereocenters. The third-order valence-electron chi connectivity index (χ3n) is 2.87. The molecule has 1 heterocycles. The van der Waals surface area contributed by atoms with Gasteiger partial charge in [0.15, 0.2) is 0 Å². The lowest BCUT2D eigenvalue weighted by Crippen LogP contribution is -2.19. The number of nitrogens with zero attached hydrogens (tertiary/aromatic N) is 2. The molecule has 1 aromatic heterocycles. The summed E-state index contributed by atoms with van der Waals surface area (Å²) in [6, 6.07) is 2.07. The molecule has 1 aliphatic rings. The van der Waals surface area contributed by atoms with E-state index in [1.807, 2.05) is 6.20 Å². The van der Waals surface area contributed by atoms with Crippen LogP contribution in [0.2, 0.25) is 0 Å². The minimum atomic E-state index is 0.0692. The number of hydrogen-bond acceptors (Lipinski definition) is 2. The average Bonchev–Trinajstić information content (AvgIpc) is 2.00. The minimum Gasteiger partial charge on any atom is -0.241 e. The van der Waals surface area contributed by atoms with Crippen molar-refractivity contribution in [3.63, 3.8) is 0 Å². The molecule has 1 saturated carbocycles. The van der Waals surface area contributed by atoms with Crippen molar-refractivity contribution in [2.24, 2.45) is 0 Å². The molecule has 2 nitrogen and oxygen atoms in total. The lowest BCUT2D eigenvalue weighted by Gasteiger charge is -2.26. The highest BCUT2D eigenvalue weighted by atomic mass is 14.9. The zero-order valence-corrected chi connectivity index (χ0v) is 9.25. The molecule has 0 amide bonds. The van der Waals surface area contributed by atoms with Crippen LogP contribution < -0.4 is 0 Å². The van der Waals surface area contributed by atoms with Crippen LogP contribution in [0.25, 0.3) is 0 Å². The Morgan fingerprint density at radius 1 is 1.29 bits per heavy atom. The second kappa shape index (κ2) is 3.34. The van der Waals surface area contributed by atoms with Gasteiger partial charge in [-0.1, -0.05) is 27.2 Å². The van der Waals surface area contributed by atoms with Crippen LogP contribution in [-0.4, -0.2) is 9.97 Å². The summed E-state index contributed by atoms with van der Waals surface area (Å²) in [4.78, 5) is 9.00. The smallest absolute Gasteiger partial charge is 0.133 e. The lowest BCUT2D eigenvalue weighted by molar-refractivity contribution is 0.405. The molecule has 0 radical (unpaired) electrons. The third-order valence-corrected chi connectivity index (χ3v) is 2.87. The quantitative estimate of drug-likeness (QED) is 0.680. The van der Waals surface area contributed by atoms with E-state index >= 15 is 0 Å². The predicted octanol–water partition coefficient (Wildman–Crippen LogP) is 3.04. The first-order valence-electron chi connectivity index (χ1n) is 5.41. The van der Waals surface area contributed by atoms with Crippen molar-refractivity contribution >= 4 is 0 Å². The van der Waals surface area contributed by atoms with Crippen molar-refractivity contribution in [3.05, 3.63) is 23.8 Å². The Kier molecular flexibility index (Phi) is 2.30. The van der Waals surface area contributed by atoms with Gasteiger partial charge in [-0.3, -0.25) is 0 Å². The van der Waals surface area contributed by atoms with Crippen molar-refractivity contribution in [2.75, 3.05) is 0 Å². The van der Waals surface area contributed by atoms with E-state index in [1.165, 1.54) is 25.0 Å². The number of hydrogen-bond donors (Lipinski definition) is 0. The normalized spacial score (nSPS) is 17.9. The first-order chi connectivity index (χ1) is 6.57. The van der Waals surface area contributed by atoms with E-state index in [1.54, 1.807) is 0 Å². The first kappa shape index (κ1) is 9.63. The summed E-state index contributed by atoms with van der Waals surface area (Å²) in [5.41, 5.74) is 1.32. The van der Waals surface area contributed by atoms with Crippen LogP contribution in [0.15, 0.2) is 12.3 Å². The molecule has 76 valence electrons. The van der Waals surface area contributed by atoms with Gasteiger partial charge in [-0.05, 0) is 18.9 Å². The van der Waals surface area contributed by atoms with Crippen molar-refractivity contribution in [1.29, 1.82) is 0 Å². The Morgan fingerprint density at radius 2 is 2.00 bits per heavy atom. The second-order valence-corrected chi connectivity index (χ2v) is 5.18. The predicted molar refractivity (Wildman–Crippen MR) is 57.3 cm³/mol. The molecule has 0 bridgehead atoms. The van der Waals surface area contributed by atoms with Crippen LogP contribution in [0.5, 0.6) is 0 Å². The average molecular weight is 190 g/mol. The van der Waals surface area contributed by atoms with Gasteiger partial charge in [0, 0.05) is 23.2 Å². The summed E-state index contributed by atoms with van der Waals surface area (Å²) in [6.45, 7) is 6.48. The highest BCUT2D eigenvalue weighted by Gasteiger charge is 2.23. The van der Waals surface area contributed by atoms with Gasteiger partial charge in [0.05, 0.1) is 0 Å². The summed E-state index contributed by atoms with van der Waals surface area (Å²) in [5, 5.41) is 0. The maximum Gasteiger partial charge on any atom is 0.133 e. The summed E-state index contributed by atoms with van der Waals surface area (Å²) in [6.07, 6.45) is 5.88. The van der Waals surface area contributed by atoms with Crippen molar-refractivity contribution in [2.45, 2.75) is 51.4 Å². The van der Waals surface area contributed by atoms with Crippen LogP contribution >= 0.6 is 0 Å². The fourth-order valence-corrected chi connectivity index (χ4v) is 1.67. The standard InChI is InChI=1S/C12H18N2/c1-12(2,3)11-13-8-7-10(14-11)9-5-4-6-9/h7-9H,4-6H2,1-3H3. The molecular weight excluding hydrogens is 172 g/mol. The Labute approximate surface area is 85.8 Å². The highest BCUT2D eigenvalue weighted by Crippen LogP contribution is 2.35. The van der Waals surface area contributed by atoms with E-state index in [9.17, 15) is 0 Å². The van der Waals surface area contributed by atoms with Gasteiger partial charge >= 0.3 is 0 Å². The molecule has 0 spiro atoms. The van der Waals surface area contributed by atoms with E-state index in [4.69, 9.17) is 0 Å². The van der Waals surface area contributed by atoms with E-state index < -0.39 is 0 Å². The Bertz CT molecular complexity index is 321. The molecule has 1 fully saturated rings. The number of aromatic nitrogens is 2. The van der Waals surface area contributed by atoms with Crippen LogP contribution in [-0.2, 0) is 5.41 Å². The fraction of sp³-hybridized carbons (Fsp3) is 0.667. The maximum atomic E-state index is 4.65. The molecule has 0 saturated heterocycles. The molecular formula is C12H18N2. The third kappa shape index (κ3) is 1.79. The van der Waals surface area contributed by atoms with Gasteiger partial charge in [-0.25, -0.2) is 9.97 Å². The number of rotatable bonds is 1. The highest BCUT2D eigenvalue weighted by molar-refractivity contribution is 5.14. The second-order valence-electron chi connectivity index (χ2n) is 5.18. The molecule has 2 heteroatoms. The SMILES string of the molecule is CC(C)(C)c1nccc(C2CCC2)n1. The molecule has 14 heavy (non-hydrogen) atoms. The molecule has 0 unspecified atom stereocenters. The van der Waals surface area contributed by atoms with E-state index in [2.05, 4.69) is 36.8 Å². The summed E-state index contributed by atoms with van der Waals surface area (Å²) in [5.74, 6) is 1.68. The van der Waals surface area contributed by atoms with Crippen molar-refractivity contribution < 1.29 is 0 Å². The molecule has 0 aromatic carbocycles. The minimum absolute atomic E-state index is 0.0692. The van der Waals surface area contributed by atoms with Crippen LogP contribution in [0.3, 0.4) is 0 Å². The Hall–Kier alpha value is -0.920. The van der Waals surface area contributed by atoms with Crippen molar-refractivity contribution in [3.8, 4) is 0 Å². The molecule has 0 N–H and O–H groups in total. The monoisotopic (exact) mass is 190 g/mol. The van der Waals surface area contributed by atoms with Crippen LogP contribution in [0.1, 0.15) is 57.5 Å². The van der Waals surface area contributed by atoms with E-state index in [0.29, 0.717) is 5.92 Å². The van der Waals surface area contributed by atoms with Gasteiger partial charge in [0.2, 0.25) is 0 Å². The Balaban J connectivity index is 2.26. The maximum absolute atomic E-state index is 4.65. The van der Waals surface area contributed by atoms with Crippen LogP contribution in [0.4, 0.5) is 0 Å². The lowest BCUT2D eigenvalue weighted by atomic mass is 9.82.